The van der Waals surface area contributed by atoms with E-state index in [0.717, 1.165) is 23.1 Å². The van der Waals surface area contributed by atoms with Gasteiger partial charge in [0.1, 0.15) is 0 Å². The molecule has 18 heavy (non-hydrogen) atoms. The van der Waals surface area contributed by atoms with Crippen LogP contribution in [0.15, 0.2) is 16.6 Å². The summed E-state index contributed by atoms with van der Waals surface area (Å²) in [6, 6.07) is 3.94. The fourth-order valence-electron chi connectivity index (χ4n) is 1.60. The van der Waals surface area contributed by atoms with Gasteiger partial charge in [-0.25, -0.2) is 0 Å². The van der Waals surface area contributed by atoms with Gasteiger partial charge in [0.25, 0.3) is 0 Å². The third-order valence-corrected chi connectivity index (χ3v) is 3.22. The summed E-state index contributed by atoms with van der Waals surface area (Å²) in [5.41, 5.74) is 1.10. The standard InChI is InChI=1S/C13H20BrNO3/c1-9(8-16)6-15-7-10-4-11(14)13(18-3)12(5-10)17-2/h4-5,9,15-16H,6-8H2,1-3H3. The number of nitrogens with one attached hydrogen (secondary N) is 1. The smallest absolute Gasteiger partial charge is 0.174 e. The van der Waals surface area contributed by atoms with E-state index in [-0.39, 0.29) is 12.5 Å². The van der Waals surface area contributed by atoms with Crippen molar-refractivity contribution in [1.29, 1.82) is 0 Å². The van der Waals surface area contributed by atoms with E-state index < -0.39 is 0 Å². The molecule has 4 nitrogen and oxygen atoms in total. The van der Waals surface area contributed by atoms with Crippen LogP contribution in [-0.2, 0) is 6.54 Å². The van der Waals surface area contributed by atoms with Crippen LogP contribution >= 0.6 is 15.9 Å². The molecule has 1 unspecified atom stereocenters. The van der Waals surface area contributed by atoms with Gasteiger partial charge in [-0.15, -0.1) is 0 Å². The molecule has 1 rings (SSSR count). The van der Waals surface area contributed by atoms with Crippen molar-refractivity contribution < 1.29 is 14.6 Å². The van der Waals surface area contributed by atoms with Crippen LogP contribution in [0.25, 0.3) is 0 Å². The summed E-state index contributed by atoms with van der Waals surface area (Å²) in [4.78, 5) is 0. The second-order valence-corrected chi connectivity index (χ2v) is 5.09. The van der Waals surface area contributed by atoms with Crippen LogP contribution in [0.3, 0.4) is 0 Å². The Morgan fingerprint density at radius 1 is 1.33 bits per heavy atom. The molecule has 0 radical (unpaired) electrons. The number of rotatable bonds is 7. The molecular formula is C13H20BrNO3. The number of hydrogen-bond acceptors (Lipinski definition) is 4. The van der Waals surface area contributed by atoms with E-state index >= 15 is 0 Å². The Morgan fingerprint density at radius 3 is 2.61 bits per heavy atom. The Morgan fingerprint density at radius 2 is 2.06 bits per heavy atom. The average Bonchev–Trinajstić information content (AvgIpc) is 2.37. The van der Waals surface area contributed by atoms with Gasteiger partial charge in [-0.3, -0.25) is 0 Å². The zero-order valence-electron chi connectivity index (χ0n) is 11.0. The van der Waals surface area contributed by atoms with Crippen LogP contribution in [0.1, 0.15) is 12.5 Å². The lowest BCUT2D eigenvalue weighted by atomic mass is 10.1. The van der Waals surface area contributed by atoms with Gasteiger partial charge in [-0.05, 0) is 39.5 Å². The maximum absolute atomic E-state index is 8.94. The molecule has 0 saturated carbocycles. The van der Waals surface area contributed by atoms with Gasteiger partial charge in [0.15, 0.2) is 11.5 Å². The Balaban J connectivity index is 2.69. The van der Waals surface area contributed by atoms with Gasteiger partial charge in [0, 0.05) is 19.7 Å². The second kappa shape index (κ2) is 7.61. The van der Waals surface area contributed by atoms with Gasteiger partial charge in [0.05, 0.1) is 18.7 Å². The highest BCUT2D eigenvalue weighted by atomic mass is 79.9. The lowest BCUT2D eigenvalue weighted by Gasteiger charge is -2.13. The molecule has 5 heteroatoms. The molecule has 0 amide bonds. The highest BCUT2D eigenvalue weighted by Crippen LogP contribution is 2.36. The van der Waals surface area contributed by atoms with Gasteiger partial charge in [-0.1, -0.05) is 6.92 Å². The maximum Gasteiger partial charge on any atom is 0.174 e. The topological polar surface area (TPSA) is 50.7 Å². The molecular weight excluding hydrogens is 298 g/mol. The summed E-state index contributed by atoms with van der Waals surface area (Å²) in [6.45, 7) is 3.70. The molecule has 0 fully saturated rings. The summed E-state index contributed by atoms with van der Waals surface area (Å²) < 4.78 is 11.4. The van der Waals surface area contributed by atoms with Gasteiger partial charge >= 0.3 is 0 Å². The second-order valence-electron chi connectivity index (χ2n) is 4.23. The number of hydrogen-bond donors (Lipinski definition) is 2. The fraction of sp³-hybridized carbons (Fsp3) is 0.538. The number of ether oxygens (including phenoxy) is 2. The number of aliphatic hydroxyl groups excluding tert-OH is 1. The third kappa shape index (κ3) is 4.15. The van der Waals surface area contributed by atoms with Crippen molar-refractivity contribution in [2.45, 2.75) is 13.5 Å². The van der Waals surface area contributed by atoms with E-state index in [0.29, 0.717) is 11.5 Å². The quantitative estimate of drug-likeness (QED) is 0.809. The third-order valence-electron chi connectivity index (χ3n) is 2.63. The Bertz CT molecular complexity index is 385. The van der Waals surface area contributed by atoms with Gasteiger partial charge in [0.2, 0.25) is 0 Å². The summed E-state index contributed by atoms with van der Waals surface area (Å²) in [6.07, 6.45) is 0. The molecule has 0 saturated heterocycles. The van der Waals surface area contributed by atoms with Crippen LogP contribution in [0.4, 0.5) is 0 Å². The first kappa shape index (κ1) is 15.3. The van der Waals surface area contributed by atoms with Crippen molar-refractivity contribution in [2.75, 3.05) is 27.4 Å². The minimum atomic E-state index is 0.197. The van der Waals surface area contributed by atoms with E-state index in [4.69, 9.17) is 14.6 Å². The van der Waals surface area contributed by atoms with Crippen LogP contribution < -0.4 is 14.8 Å². The Hall–Kier alpha value is -0.780. The molecule has 102 valence electrons. The van der Waals surface area contributed by atoms with E-state index in [1.54, 1.807) is 14.2 Å². The Labute approximate surface area is 116 Å². The molecule has 0 aliphatic carbocycles. The predicted molar refractivity (Wildman–Crippen MR) is 75.2 cm³/mol. The molecule has 0 aliphatic heterocycles. The van der Waals surface area contributed by atoms with E-state index in [9.17, 15) is 0 Å². The van der Waals surface area contributed by atoms with Crippen molar-refractivity contribution in [3.05, 3.63) is 22.2 Å². The number of methoxy groups -OCH3 is 2. The number of aliphatic hydroxyl groups is 1. The van der Waals surface area contributed by atoms with E-state index in [1.165, 1.54) is 0 Å². The van der Waals surface area contributed by atoms with Crippen molar-refractivity contribution in [3.63, 3.8) is 0 Å². The fourth-order valence-corrected chi connectivity index (χ4v) is 2.25. The lowest BCUT2D eigenvalue weighted by molar-refractivity contribution is 0.233. The molecule has 0 spiro atoms. The molecule has 0 aromatic heterocycles. The minimum absolute atomic E-state index is 0.197. The summed E-state index contributed by atoms with van der Waals surface area (Å²) in [5, 5.41) is 12.2. The van der Waals surface area contributed by atoms with E-state index in [1.807, 2.05) is 19.1 Å². The summed E-state index contributed by atoms with van der Waals surface area (Å²) >= 11 is 3.46. The summed E-state index contributed by atoms with van der Waals surface area (Å²) in [5.74, 6) is 1.66. The molecule has 0 bridgehead atoms. The summed E-state index contributed by atoms with van der Waals surface area (Å²) in [7, 11) is 3.23. The maximum atomic E-state index is 8.94. The predicted octanol–water partition coefficient (Wildman–Crippen LogP) is 2.18. The van der Waals surface area contributed by atoms with Gasteiger partial charge < -0.3 is 19.9 Å². The SMILES string of the molecule is COc1cc(CNCC(C)CO)cc(Br)c1OC. The molecule has 1 aromatic rings. The first-order chi connectivity index (χ1) is 8.62. The highest BCUT2D eigenvalue weighted by molar-refractivity contribution is 9.10. The molecule has 2 N–H and O–H groups in total. The molecule has 1 atom stereocenters. The van der Waals surface area contributed by atoms with Gasteiger partial charge in [-0.2, -0.15) is 0 Å². The minimum Gasteiger partial charge on any atom is -0.493 e. The first-order valence-electron chi connectivity index (χ1n) is 5.84. The van der Waals surface area contributed by atoms with Crippen molar-refractivity contribution in [2.24, 2.45) is 5.92 Å². The van der Waals surface area contributed by atoms with Crippen LogP contribution in [0, 0.1) is 5.92 Å². The van der Waals surface area contributed by atoms with Crippen molar-refractivity contribution >= 4 is 15.9 Å². The normalized spacial score (nSPS) is 12.3. The molecule has 0 heterocycles. The lowest BCUT2D eigenvalue weighted by Crippen LogP contribution is -2.22. The number of halogens is 1. The van der Waals surface area contributed by atoms with E-state index in [2.05, 4.69) is 21.2 Å². The average molecular weight is 318 g/mol. The van der Waals surface area contributed by atoms with Crippen LogP contribution in [0.2, 0.25) is 0 Å². The largest absolute Gasteiger partial charge is 0.493 e. The first-order valence-corrected chi connectivity index (χ1v) is 6.63. The Kier molecular flexibility index (Phi) is 6.46. The molecule has 1 aromatic carbocycles. The molecule has 0 aliphatic rings. The zero-order valence-corrected chi connectivity index (χ0v) is 12.6. The monoisotopic (exact) mass is 317 g/mol. The van der Waals surface area contributed by atoms with Crippen molar-refractivity contribution in [3.8, 4) is 11.5 Å². The highest BCUT2D eigenvalue weighted by Gasteiger charge is 2.10. The zero-order chi connectivity index (χ0) is 13.5. The van der Waals surface area contributed by atoms with Crippen LogP contribution in [-0.4, -0.2) is 32.5 Å². The number of benzene rings is 1. The van der Waals surface area contributed by atoms with Crippen molar-refractivity contribution in [1.82, 2.24) is 5.32 Å². The van der Waals surface area contributed by atoms with Crippen LogP contribution in [0.5, 0.6) is 11.5 Å².